The molecule has 0 saturated carbocycles. The number of aromatic nitrogens is 2. The molecule has 0 spiro atoms. The summed E-state index contributed by atoms with van der Waals surface area (Å²) < 4.78 is 0. The lowest BCUT2D eigenvalue weighted by molar-refractivity contribution is 0.509. The Morgan fingerprint density at radius 2 is 2.13 bits per heavy atom. The fraction of sp³-hybridized carbons (Fsp3) is 0.600. The number of hydrogen-bond acceptors (Lipinski definition) is 4. The Kier molecular flexibility index (Phi) is 3.74. The first-order valence-electron chi connectivity index (χ1n) is 5.00. The smallest absolute Gasteiger partial charge is 0.157 e. The zero-order chi connectivity index (χ0) is 11.5. The van der Waals surface area contributed by atoms with E-state index in [0.29, 0.717) is 16.7 Å². The summed E-state index contributed by atoms with van der Waals surface area (Å²) in [6.07, 6.45) is 3.54. The lowest BCUT2D eigenvalue weighted by Gasteiger charge is -2.27. The van der Waals surface area contributed by atoms with Crippen molar-refractivity contribution < 1.29 is 0 Å². The maximum Gasteiger partial charge on any atom is 0.157 e. The van der Waals surface area contributed by atoms with Gasteiger partial charge in [0.25, 0.3) is 0 Å². The topological polar surface area (TPSA) is 63.8 Å². The van der Waals surface area contributed by atoms with E-state index in [-0.39, 0.29) is 5.54 Å². The van der Waals surface area contributed by atoms with Crippen LogP contribution in [0.3, 0.4) is 0 Å². The van der Waals surface area contributed by atoms with E-state index >= 15 is 0 Å². The van der Waals surface area contributed by atoms with E-state index in [1.165, 1.54) is 6.33 Å². The minimum Gasteiger partial charge on any atom is -0.393 e. The molecule has 15 heavy (non-hydrogen) atoms. The van der Waals surface area contributed by atoms with Gasteiger partial charge in [-0.25, -0.2) is 9.97 Å². The second kappa shape index (κ2) is 4.66. The van der Waals surface area contributed by atoms with Gasteiger partial charge in [0.2, 0.25) is 0 Å². The van der Waals surface area contributed by atoms with Gasteiger partial charge in [0.05, 0.1) is 0 Å². The molecule has 0 aliphatic carbocycles. The highest BCUT2D eigenvalue weighted by Crippen LogP contribution is 2.26. The van der Waals surface area contributed by atoms with Crippen molar-refractivity contribution in [3.8, 4) is 0 Å². The van der Waals surface area contributed by atoms with Gasteiger partial charge in [0, 0.05) is 5.54 Å². The fourth-order valence-corrected chi connectivity index (χ4v) is 1.61. The Labute approximate surface area is 95.3 Å². The molecular weight excluding hydrogens is 212 g/mol. The summed E-state index contributed by atoms with van der Waals surface area (Å²) in [6.45, 7) is 6.34. The third-order valence-electron chi connectivity index (χ3n) is 2.17. The zero-order valence-corrected chi connectivity index (χ0v) is 10.1. The van der Waals surface area contributed by atoms with Gasteiger partial charge in [-0.2, -0.15) is 0 Å². The van der Waals surface area contributed by atoms with Crippen LogP contribution in [0.2, 0.25) is 5.15 Å². The third kappa shape index (κ3) is 3.23. The van der Waals surface area contributed by atoms with Crippen LogP contribution in [0.1, 0.15) is 33.6 Å². The van der Waals surface area contributed by atoms with Crippen LogP contribution in [-0.4, -0.2) is 15.5 Å². The summed E-state index contributed by atoms with van der Waals surface area (Å²) in [7, 11) is 0. The molecule has 84 valence electrons. The average Bonchev–Trinajstić information content (AvgIpc) is 2.12. The Morgan fingerprint density at radius 3 is 2.73 bits per heavy atom. The molecule has 3 N–H and O–H groups in total. The van der Waals surface area contributed by atoms with Gasteiger partial charge in [0.15, 0.2) is 11.0 Å². The Hall–Kier alpha value is -1.03. The second-order valence-electron chi connectivity index (χ2n) is 4.19. The van der Waals surface area contributed by atoms with Crippen molar-refractivity contribution in [2.75, 3.05) is 11.1 Å². The monoisotopic (exact) mass is 228 g/mol. The van der Waals surface area contributed by atoms with Crippen molar-refractivity contribution in [2.24, 2.45) is 0 Å². The standard InChI is InChI=1S/C10H17ClN4/c1-4-5-10(2,3)15-9-7(12)8(11)13-6-14-9/h6H,4-5,12H2,1-3H3,(H,13,14,15). The van der Waals surface area contributed by atoms with Crippen molar-refractivity contribution in [1.29, 1.82) is 0 Å². The van der Waals surface area contributed by atoms with Crippen LogP contribution in [0.15, 0.2) is 6.33 Å². The molecule has 1 aromatic rings. The summed E-state index contributed by atoms with van der Waals surface area (Å²) in [5.74, 6) is 0.605. The van der Waals surface area contributed by atoms with E-state index in [0.717, 1.165) is 12.8 Å². The van der Waals surface area contributed by atoms with Gasteiger partial charge in [-0.05, 0) is 20.3 Å². The first-order valence-corrected chi connectivity index (χ1v) is 5.38. The number of anilines is 2. The minimum absolute atomic E-state index is 0.0411. The van der Waals surface area contributed by atoms with E-state index in [9.17, 15) is 0 Å². The summed E-state index contributed by atoms with van der Waals surface area (Å²) in [5.41, 5.74) is 6.13. The van der Waals surface area contributed by atoms with Crippen LogP contribution < -0.4 is 11.1 Å². The van der Waals surface area contributed by atoms with Gasteiger partial charge < -0.3 is 11.1 Å². The molecule has 0 aromatic carbocycles. The molecule has 5 heteroatoms. The predicted molar refractivity (Wildman–Crippen MR) is 64.1 cm³/mol. The minimum atomic E-state index is -0.0411. The van der Waals surface area contributed by atoms with Gasteiger partial charge in [0.1, 0.15) is 12.0 Å². The van der Waals surface area contributed by atoms with E-state index in [4.69, 9.17) is 17.3 Å². The van der Waals surface area contributed by atoms with Crippen LogP contribution in [-0.2, 0) is 0 Å². The predicted octanol–water partition coefficient (Wildman–Crippen LogP) is 2.70. The number of halogens is 1. The highest BCUT2D eigenvalue weighted by molar-refractivity contribution is 6.32. The van der Waals surface area contributed by atoms with Crippen LogP contribution in [0, 0.1) is 0 Å². The maximum absolute atomic E-state index is 5.80. The summed E-state index contributed by atoms with van der Waals surface area (Å²) in [4.78, 5) is 7.88. The summed E-state index contributed by atoms with van der Waals surface area (Å²) in [5, 5.41) is 3.56. The van der Waals surface area contributed by atoms with Crippen LogP contribution in [0.25, 0.3) is 0 Å². The van der Waals surface area contributed by atoms with Crippen molar-refractivity contribution in [3.63, 3.8) is 0 Å². The molecule has 1 aromatic heterocycles. The molecule has 0 amide bonds. The quantitative estimate of drug-likeness (QED) is 0.778. The molecular formula is C10H17ClN4. The normalized spacial score (nSPS) is 11.5. The number of nitrogens with one attached hydrogen (secondary N) is 1. The molecule has 0 bridgehead atoms. The average molecular weight is 229 g/mol. The van der Waals surface area contributed by atoms with Crippen molar-refractivity contribution in [1.82, 2.24) is 9.97 Å². The Morgan fingerprint density at radius 1 is 1.47 bits per heavy atom. The van der Waals surface area contributed by atoms with Crippen LogP contribution in [0.5, 0.6) is 0 Å². The summed E-state index contributed by atoms with van der Waals surface area (Å²) in [6, 6.07) is 0. The summed E-state index contributed by atoms with van der Waals surface area (Å²) >= 11 is 5.80. The number of hydrogen-bond donors (Lipinski definition) is 2. The number of nitrogens with two attached hydrogens (primary N) is 1. The molecule has 1 rings (SSSR count). The molecule has 1 heterocycles. The van der Waals surface area contributed by atoms with Gasteiger partial charge in [-0.1, -0.05) is 24.9 Å². The van der Waals surface area contributed by atoms with E-state index in [2.05, 4.69) is 36.1 Å². The molecule has 0 atom stereocenters. The van der Waals surface area contributed by atoms with Crippen molar-refractivity contribution >= 4 is 23.1 Å². The van der Waals surface area contributed by atoms with E-state index in [1.807, 2.05) is 0 Å². The first-order chi connectivity index (χ1) is 6.96. The number of nitrogens with zero attached hydrogens (tertiary/aromatic N) is 2. The number of rotatable bonds is 4. The molecule has 4 nitrogen and oxygen atoms in total. The lowest BCUT2D eigenvalue weighted by Crippen LogP contribution is -2.31. The van der Waals surface area contributed by atoms with E-state index in [1.54, 1.807) is 0 Å². The first kappa shape index (κ1) is 12.0. The van der Waals surface area contributed by atoms with Gasteiger partial charge in [-0.3, -0.25) is 0 Å². The Bertz CT molecular complexity index is 338. The van der Waals surface area contributed by atoms with Gasteiger partial charge >= 0.3 is 0 Å². The molecule has 0 aliphatic rings. The molecule has 0 unspecified atom stereocenters. The molecule has 0 radical (unpaired) electrons. The van der Waals surface area contributed by atoms with Crippen molar-refractivity contribution in [2.45, 2.75) is 39.2 Å². The SMILES string of the molecule is CCCC(C)(C)Nc1ncnc(Cl)c1N. The van der Waals surface area contributed by atoms with Gasteiger partial charge in [-0.15, -0.1) is 0 Å². The zero-order valence-electron chi connectivity index (χ0n) is 9.34. The maximum atomic E-state index is 5.80. The Balaban J connectivity index is 2.85. The fourth-order valence-electron chi connectivity index (χ4n) is 1.48. The highest BCUT2D eigenvalue weighted by atomic mass is 35.5. The molecule has 0 aliphatic heterocycles. The third-order valence-corrected chi connectivity index (χ3v) is 2.47. The number of nitrogen functional groups attached to an aromatic ring is 1. The molecule has 0 saturated heterocycles. The molecule has 0 fully saturated rings. The largest absolute Gasteiger partial charge is 0.393 e. The van der Waals surface area contributed by atoms with Crippen molar-refractivity contribution in [3.05, 3.63) is 11.5 Å². The van der Waals surface area contributed by atoms with Crippen LogP contribution >= 0.6 is 11.6 Å². The second-order valence-corrected chi connectivity index (χ2v) is 4.54. The van der Waals surface area contributed by atoms with Crippen LogP contribution in [0.4, 0.5) is 11.5 Å². The highest BCUT2D eigenvalue weighted by Gasteiger charge is 2.18. The van der Waals surface area contributed by atoms with E-state index < -0.39 is 0 Å². The lowest BCUT2D eigenvalue weighted by atomic mass is 9.99.